The van der Waals surface area contributed by atoms with E-state index in [0.29, 0.717) is 11.7 Å². The van der Waals surface area contributed by atoms with Gasteiger partial charge in [0.1, 0.15) is 0 Å². The van der Waals surface area contributed by atoms with E-state index in [9.17, 15) is 4.79 Å². The maximum atomic E-state index is 12.6. The molecule has 0 aliphatic carbocycles. The van der Waals surface area contributed by atoms with E-state index in [0.717, 1.165) is 50.9 Å². The van der Waals surface area contributed by atoms with Gasteiger partial charge in [-0.05, 0) is 68.5 Å². The van der Waals surface area contributed by atoms with Gasteiger partial charge in [-0.2, -0.15) is 0 Å². The van der Waals surface area contributed by atoms with Crippen LogP contribution < -0.4 is 10.6 Å². The molecule has 1 amide bonds. The molecule has 6 nitrogen and oxygen atoms in total. The maximum absolute atomic E-state index is 12.6. The van der Waals surface area contributed by atoms with Crippen molar-refractivity contribution < 1.29 is 4.79 Å². The van der Waals surface area contributed by atoms with Crippen LogP contribution >= 0.6 is 0 Å². The van der Waals surface area contributed by atoms with Crippen LogP contribution in [0.25, 0.3) is 0 Å². The van der Waals surface area contributed by atoms with Gasteiger partial charge in [-0.3, -0.25) is 4.79 Å². The lowest BCUT2D eigenvalue weighted by molar-refractivity contribution is 0.102. The number of carbonyl (C=O) groups is 1. The molecular formula is C23H27N5O. The van der Waals surface area contributed by atoms with Crippen molar-refractivity contribution >= 4 is 11.6 Å². The molecule has 1 fully saturated rings. The Morgan fingerprint density at radius 1 is 1.03 bits per heavy atom. The summed E-state index contributed by atoms with van der Waals surface area (Å²) in [6.45, 7) is 1.95. The molecule has 1 saturated heterocycles. The van der Waals surface area contributed by atoms with Crippen molar-refractivity contribution in [1.82, 2.24) is 20.3 Å². The van der Waals surface area contributed by atoms with Gasteiger partial charge in [0.25, 0.3) is 5.91 Å². The van der Waals surface area contributed by atoms with E-state index < -0.39 is 0 Å². The zero-order chi connectivity index (χ0) is 19.9. The van der Waals surface area contributed by atoms with E-state index in [2.05, 4.69) is 51.3 Å². The molecule has 3 aromatic rings. The van der Waals surface area contributed by atoms with E-state index in [1.165, 1.54) is 11.1 Å². The Morgan fingerprint density at radius 2 is 1.79 bits per heavy atom. The average Bonchev–Trinajstić information content (AvgIpc) is 3.26. The van der Waals surface area contributed by atoms with Gasteiger partial charge < -0.3 is 10.6 Å². The van der Waals surface area contributed by atoms with Crippen LogP contribution in [0.4, 0.5) is 5.69 Å². The Balaban J connectivity index is 1.32. The first-order valence-corrected chi connectivity index (χ1v) is 10.3. The molecule has 0 radical (unpaired) electrons. The molecule has 0 spiro atoms. The molecule has 0 atom stereocenters. The molecule has 0 bridgehead atoms. The average molecular weight is 390 g/mol. The smallest absolute Gasteiger partial charge is 0.277 e. The van der Waals surface area contributed by atoms with Crippen LogP contribution in [0.5, 0.6) is 0 Å². The zero-order valence-corrected chi connectivity index (χ0v) is 16.6. The van der Waals surface area contributed by atoms with Gasteiger partial charge in [0.05, 0.1) is 12.2 Å². The lowest BCUT2D eigenvalue weighted by Crippen LogP contribution is -2.29. The summed E-state index contributed by atoms with van der Waals surface area (Å²) in [7, 11) is 0. The summed E-state index contributed by atoms with van der Waals surface area (Å²) in [4.78, 5) is 12.6. The maximum Gasteiger partial charge on any atom is 0.277 e. The fourth-order valence-corrected chi connectivity index (χ4v) is 3.77. The fraction of sp³-hybridized carbons (Fsp3) is 0.348. The summed E-state index contributed by atoms with van der Waals surface area (Å²) in [5, 5.41) is 14.5. The molecule has 6 heteroatoms. The highest BCUT2D eigenvalue weighted by molar-refractivity contribution is 6.02. The minimum absolute atomic E-state index is 0.216. The van der Waals surface area contributed by atoms with E-state index in [1.807, 2.05) is 28.9 Å². The van der Waals surface area contributed by atoms with Crippen LogP contribution in [-0.4, -0.2) is 34.0 Å². The summed E-state index contributed by atoms with van der Waals surface area (Å²) in [5.74, 6) is -0.216. The molecule has 2 heterocycles. The van der Waals surface area contributed by atoms with Crippen molar-refractivity contribution in [2.45, 2.75) is 38.1 Å². The predicted octanol–water partition coefficient (Wildman–Crippen LogP) is 3.63. The van der Waals surface area contributed by atoms with Gasteiger partial charge >= 0.3 is 0 Å². The lowest BCUT2D eigenvalue weighted by Gasteiger charge is -2.22. The monoisotopic (exact) mass is 389 g/mol. The highest BCUT2D eigenvalue weighted by atomic mass is 16.2. The SMILES string of the molecule is O=C(Nc1cccc(CCCc2ccccc2)c1)c1cn(C2CCNCC2)nn1. The summed E-state index contributed by atoms with van der Waals surface area (Å²) in [6, 6.07) is 18.9. The number of aryl methyl sites for hydroxylation is 2. The van der Waals surface area contributed by atoms with Crippen LogP contribution in [0.15, 0.2) is 60.8 Å². The number of piperidine rings is 1. The second-order valence-corrected chi connectivity index (χ2v) is 7.56. The first kappa shape index (κ1) is 19.3. The molecule has 1 aliphatic heterocycles. The van der Waals surface area contributed by atoms with E-state index in [-0.39, 0.29) is 5.91 Å². The number of hydrogen-bond acceptors (Lipinski definition) is 4. The van der Waals surface area contributed by atoms with Crippen molar-refractivity contribution in [2.24, 2.45) is 0 Å². The number of rotatable bonds is 7. The normalized spacial score (nSPS) is 14.6. The highest BCUT2D eigenvalue weighted by Crippen LogP contribution is 2.18. The van der Waals surface area contributed by atoms with Crippen molar-refractivity contribution in [1.29, 1.82) is 0 Å². The summed E-state index contributed by atoms with van der Waals surface area (Å²) < 4.78 is 1.83. The summed E-state index contributed by atoms with van der Waals surface area (Å²) in [6.07, 6.45) is 6.88. The standard InChI is InChI=1S/C23H27N5O/c29-23(22-17-28(27-26-22)21-12-14-24-15-13-21)25-20-11-5-10-19(16-20)9-4-8-18-6-2-1-3-7-18/h1-3,5-7,10-11,16-17,21,24H,4,8-9,12-15H2,(H,25,29). The first-order chi connectivity index (χ1) is 14.3. The van der Waals surface area contributed by atoms with Gasteiger partial charge in [-0.25, -0.2) is 4.68 Å². The largest absolute Gasteiger partial charge is 0.321 e. The second-order valence-electron chi connectivity index (χ2n) is 7.56. The second kappa shape index (κ2) is 9.47. The Bertz CT molecular complexity index is 931. The Hall–Kier alpha value is -2.99. The van der Waals surface area contributed by atoms with Gasteiger partial charge in [-0.1, -0.05) is 47.7 Å². The van der Waals surface area contributed by atoms with Gasteiger partial charge in [0.2, 0.25) is 0 Å². The molecule has 2 N–H and O–H groups in total. The third kappa shape index (κ3) is 5.29. The van der Waals surface area contributed by atoms with E-state index in [4.69, 9.17) is 0 Å². The number of anilines is 1. The van der Waals surface area contributed by atoms with Crippen molar-refractivity contribution in [2.75, 3.05) is 18.4 Å². The number of carbonyl (C=O) groups excluding carboxylic acids is 1. The van der Waals surface area contributed by atoms with Crippen LogP contribution in [0, 0.1) is 0 Å². The molecule has 0 unspecified atom stereocenters. The third-order valence-corrected chi connectivity index (χ3v) is 5.38. The van der Waals surface area contributed by atoms with E-state index >= 15 is 0 Å². The van der Waals surface area contributed by atoms with Crippen LogP contribution in [0.1, 0.15) is 46.9 Å². The van der Waals surface area contributed by atoms with Crippen molar-refractivity contribution in [3.05, 3.63) is 77.6 Å². The number of benzene rings is 2. The zero-order valence-electron chi connectivity index (χ0n) is 16.6. The van der Waals surface area contributed by atoms with Gasteiger partial charge in [0, 0.05) is 5.69 Å². The molecule has 150 valence electrons. The topological polar surface area (TPSA) is 71.8 Å². The minimum atomic E-state index is -0.216. The van der Waals surface area contributed by atoms with Crippen LogP contribution in [0.3, 0.4) is 0 Å². The number of nitrogens with one attached hydrogen (secondary N) is 2. The number of amides is 1. The van der Waals surface area contributed by atoms with Crippen LogP contribution in [0.2, 0.25) is 0 Å². The lowest BCUT2D eigenvalue weighted by atomic mass is 10.0. The molecule has 0 saturated carbocycles. The highest BCUT2D eigenvalue weighted by Gasteiger charge is 2.18. The number of nitrogens with zero attached hydrogens (tertiary/aromatic N) is 3. The molecule has 29 heavy (non-hydrogen) atoms. The quantitative estimate of drug-likeness (QED) is 0.647. The van der Waals surface area contributed by atoms with E-state index in [1.54, 1.807) is 6.20 Å². The Kier molecular flexibility index (Phi) is 6.32. The number of aromatic nitrogens is 3. The molecule has 2 aromatic carbocycles. The van der Waals surface area contributed by atoms with Crippen molar-refractivity contribution in [3.63, 3.8) is 0 Å². The molecule has 1 aliphatic rings. The summed E-state index contributed by atoms with van der Waals surface area (Å²) in [5.41, 5.74) is 3.73. The first-order valence-electron chi connectivity index (χ1n) is 10.3. The van der Waals surface area contributed by atoms with Gasteiger partial charge in [0.15, 0.2) is 5.69 Å². The Labute approximate surface area is 171 Å². The third-order valence-electron chi connectivity index (χ3n) is 5.38. The van der Waals surface area contributed by atoms with Gasteiger partial charge in [-0.15, -0.1) is 5.10 Å². The predicted molar refractivity (Wildman–Crippen MR) is 114 cm³/mol. The molecule has 1 aromatic heterocycles. The fourth-order valence-electron chi connectivity index (χ4n) is 3.77. The van der Waals surface area contributed by atoms with Crippen molar-refractivity contribution in [3.8, 4) is 0 Å². The number of hydrogen-bond donors (Lipinski definition) is 2. The minimum Gasteiger partial charge on any atom is -0.321 e. The van der Waals surface area contributed by atoms with Crippen LogP contribution in [-0.2, 0) is 12.8 Å². The summed E-state index contributed by atoms with van der Waals surface area (Å²) >= 11 is 0. The molecular weight excluding hydrogens is 362 g/mol. The molecule has 4 rings (SSSR count). The Morgan fingerprint density at radius 3 is 2.62 bits per heavy atom.